The zero-order valence-electron chi connectivity index (χ0n) is 20.0. The zero-order chi connectivity index (χ0) is 24.8. The van der Waals surface area contributed by atoms with E-state index in [9.17, 15) is 15.5 Å². The van der Waals surface area contributed by atoms with Gasteiger partial charge in [-0.05, 0) is 36.9 Å². The average Bonchev–Trinajstić information content (AvgIpc) is 3.27. The highest BCUT2D eigenvalue weighted by atomic mass is 16.5. The van der Waals surface area contributed by atoms with Crippen LogP contribution in [0.15, 0.2) is 67.0 Å². The van der Waals surface area contributed by atoms with Gasteiger partial charge < -0.3 is 24.6 Å². The highest BCUT2D eigenvalue weighted by molar-refractivity contribution is 5.59. The van der Waals surface area contributed by atoms with Gasteiger partial charge in [0.2, 0.25) is 0 Å². The molecule has 5 atom stereocenters. The quantitative estimate of drug-likeness (QED) is 0.570. The van der Waals surface area contributed by atoms with Crippen LogP contribution in [-0.2, 0) is 11.2 Å². The molecule has 1 aromatic heterocycles. The molecule has 1 fully saturated rings. The van der Waals surface area contributed by atoms with Crippen LogP contribution in [0, 0.1) is 17.2 Å². The smallest absolute Gasteiger partial charge is 0.177 e. The van der Waals surface area contributed by atoms with Crippen molar-refractivity contribution in [2.24, 2.45) is 5.92 Å². The van der Waals surface area contributed by atoms with Crippen LogP contribution in [0.4, 0.5) is 0 Å². The van der Waals surface area contributed by atoms with Gasteiger partial charge in [0.1, 0.15) is 11.5 Å². The monoisotopic (exact) mass is 471 g/mol. The Balaban J connectivity index is 1.84. The Bertz CT molecular complexity index is 1260. The molecule has 7 nitrogen and oxygen atoms in total. The Kier molecular flexibility index (Phi) is 5.76. The van der Waals surface area contributed by atoms with Crippen molar-refractivity contribution in [3.05, 3.63) is 89.2 Å². The van der Waals surface area contributed by atoms with E-state index in [1.807, 2.05) is 49.5 Å². The van der Waals surface area contributed by atoms with Gasteiger partial charge >= 0.3 is 0 Å². The number of hydrogen-bond donors (Lipinski definition) is 2. The van der Waals surface area contributed by atoms with Crippen molar-refractivity contribution in [3.63, 3.8) is 0 Å². The minimum absolute atomic E-state index is 0.357. The van der Waals surface area contributed by atoms with Crippen molar-refractivity contribution < 1.29 is 19.7 Å². The molecule has 0 amide bonds. The predicted octanol–water partition coefficient (Wildman–Crippen LogP) is 3.16. The molecule has 3 aromatic rings. The number of hydrogen-bond acceptors (Lipinski definition) is 7. The maximum atomic E-state index is 12.7. The first-order valence-electron chi connectivity index (χ1n) is 11.8. The summed E-state index contributed by atoms with van der Waals surface area (Å²) in [5.41, 5.74) is -0.688. The molecule has 5 rings (SSSR count). The van der Waals surface area contributed by atoms with E-state index >= 15 is 0 Å². The van der Waals surface area contributed by atoms with Gasteiger partial charge in [0.05, 0.1) is 42.8 Å². The van der Waals surface area contributed by atoms with Gasteiger partial charge in [0.25, 0.3) is 0 Å². The van der Waals surface area contributed by atoms with Gasteiger partial charge in [-0.15, -0.1) is 0 Å². The summed E-state index contributed by atoms with van der Waals surface area (Å²) in [7, 11) is 3.52. The molecule has 1 aliphatic heterocycles. The first-order valence-corrected chi connectivity index (χ1v) is 11.8. The summed E-state index contributed by atoms with van der Waals surface area (Å²) < 4.78 is 12.4. The number of methoxy groups -OCH3 is 1. The molecule has 0 bridgehead atoms. The average molecular weight is 472 g/mol. The molecular formula is C28H29N3O4. The molecule has 0 saturated heterocycles. The molecule has 180 valence electrons. The number of pyridine rings is 1. The van der Waals surface area contributed by atoms with Crippen molar-refractivity contribution in [1.82, 2.24) is 9.88 Å². The molecule has 1 unspecified atom stereocenters. The summed E-state index contributed by atoms with van der Waals surface area (Å²) >= 11 is 0. The fourth-order valence-electron chi connectivity index (χ4n) is 6.02. The summed E-state index contributed by atoms with van der Waals surface area (Å²) in [6.45, 7) is 3.40. The number of nitrogens with zero attached hydrogens (tertiary/aromatic N) is 3. The third-order valence-electron chi connectivity index (χ3n) is 7.68. The first-order chi connectivity index (χ1) is 16.9. The second kappa shape index (κ2) is 8.65. The fraction of sp³-hybridized carbons (Fsp3) is 0.357. The Morgan fingerprint density at radius 2 is 1.86 bits per heavy atom. The van der Waals surface area contributed by atoms with Crippen molar-refractivity contribution >= 4 is 0 Å². The largest absolute Gasteiger partial charge is 0.495 e. The van der Waals surface area contributed by atoms with Crippen LogP contribution in [0.3, 0.4) is 0 Å². The van der Waals surface area contributed by atoms with Crippen molar-refractivity contribution in [2.75, 3.05) is 27.2 Å². The Hall–Kier alpha value is -3.44. The number of ether oxygens (including phenoxy) is 2. The van der Waals surface area contributed by atoms with Gasteiger partial charge in [-0.25, -0.2) is 0 Å². The number of fused-ring (bicyclic) bond motifs is 3. The summed E-state index contributed by atoms with van der Waals surface area (Å²) in [6.07, 6.45) is 1.92. The highest BCUT2D eigenvalue weighted by Gasteiger charge is 2.76. The molecule has 2 heterocycles. The summed E-state index contributed by atoms with van der Waals surface area (Å²) in [6, 6.07) is 19.1. The van der Waals surface area contributed by atoms with Crippen molar-refractivity contribution in [2.45, 2.75) is 30.1 Å². The number of aliphatic hydroxyl groups is 2. The minimum Gasteiger partial charge on any atom is -0.495 e. The van der Waals surface area contributed by atoms with Gasteiger partial charge in [-0.1, -0.05) is 49.4 Å². The Morgan fingerprint density at radius 3 is 2.49 bits per heavy atom. The van der Waals surface area contributed by atoms with Crippen molar-refractivity contribution in [3.8, 4) is 17.6 Å². The molecule has 35 heavy (non-hydrogen) atoms. The van der Waals surface area contributed by atoms with E-state index < -0.39 is 23.2 Å². The second-order valence-electron chi connectivity index (χ2n) is 9.36. The molecule has 1 aliphatic carbocycles. The predicted molar refractivity (Wildman–Crippen MR) is 130 cm³/mol. The van der Waals surface area contributed by atoms with Gasteiger partial charge in [0.15, 0.2) is 11.2 Å². The Labute approximate surface area is 205 Å². The third-order valence-corrected chi connectivity index (χ3v) is 7.68. The van der Waals surface area contributed by atoms with Crippen LogP contribution in [0.5, 0.6) is 11.5 Å². The lowest BCUT2D eigenvalue weighted by Gasteiger charge is -2.41. The number of aromatic nitrogens is 1. The van der Waals surface area contributed by atoms with Gasteiger partial charge in [-0.2, -0.15) is 5.26 Å². The summed E-state index contributed by atoms with van der Waals surface area (Å²) in [5.74, 6) is -0.0499. The van der Waals surface area contributed by atoms with Crippen LogP contribution in [-0.4, -0.2) is 53.4 Å². The van der Waals surface area contributed by atoms with Crippen LogP contribution in [0.25, 0.3) is 0 Å². The van der Waals surface area contributed by atoms with E-state index in [4.69, 9.17) is 9.47 Å². The SMILES string of the molecule is CCN(C)CC1[C@@H](O)[C@@]2(O)c3c(OC)cncc3O[C@@]2(c2ccc(C#N)cc2)[C@@H]1c1ccccc1. The molecule has 0 spiro atoms. The van der Waals surface area contributed by atoms with E-state index in [2.05, 4.69) is 22.9 Å². The minimum atomic E-state index is -1.83. The third kappa shape index (κ3) is 3.18. The summed E-state index contributed by atoms with van der Waals surface area (Å²) in [5, 5.41) is 34.1. The van der Waals surface area contributed by atoms with Crippen LogP contribution < -0.4 is 9.47 Å². The van der Waals surface area contributed by atoms with Crippen LogP contribution >= 0.6 is 0 Å². The lowest BCUT2D eigenvalue weighted by Crippen LogP contribution is -2.52. The Morgan fingerprint density at radius 1 is 1.14 bits per heavy atom. The second-order valence-corrected chi connectivity index (χ2v) is 9.36. The zero-order valence-corrected chi connectivity index (χ0v) is 20.0. The van der Waals surface area contributed by atoms with E-state index in [-0.39, 0.29) is 5.92 Å². The van der Waals surface area contributed by atoms with Gasteiger partial charge in [-0.3, -0.25) is 4.98 Å². The van der Waals surface area contributed by atoms with Gasteiger partial charge in [0, 0.05) is 18.4 Å². The topological polar surface area (TPSA) is 98.8 Å². The molecule has 2 aromatic carbocycles. The highest BCUT2D eigenvalue weighted by Crippen LogP contribution is 2.69. The van der Waals surface area contributed by atoms with Crippen molar-refractivity contribution in [1.29, 1.82) is 5.26 Å². The lowest BCUT2D eigenvalue weighted by molar-refractivity contribution is -0.152. The number of nitriles is 1. The van der Waals surface area contributed by atoms with E-state index in [1.54, 1.807) is 18.3 Å². The molecule has 0 radical (unpaired) electrons. The standard InChI is InChI=1S/C28H29N3O4/c1-4-31(2)17-21-24(19-8-6-5-7-9-19)28(20-12-10-18(14-29)11-13-20)27(33,26(21)32)25-22(34-3)15-30-16-23(25)35-28/h5-13,15-16,21,24,26,32-33H,4,17H2,1-3H3/t21?,24-,26-,27+,28+/m1/s1. The normalized spacial score (nSPS) is 28.8. The fourth-order valence-corrected chi connectivity index (χ4v) is 6.02. The first kappa shape index (κ1) is 23.3. The maximum absolute atomic E-state index is 12.7. The molecule has 1 saturated carbocycles. The molecule has 7 heteroatoms. The maximum Gasteiger partial charge on any atom is 0.177 e. The lowest BCUT2D eigenvalue weighted by atomic mass is 9.70. The summed E-state index contributed by atoms with van der Waals surface area (Å²) in [4.78, 5) is 6.38. The molecular weight excluding hydrogens is 442 g/mol. The van der Waals surface area contributed by atoms with Crippen LogP contribution in [0.1, 0.15) is 35.1 Å². The van der Waals surface area contributed by atoms with E-state index in [1.165, 1.54) is 13.3 Å². The molecule has 2 aliphatic rings. The number of aliphatic hydroxyl groups excluding tert-OH is 1. The van der Waals surface area contributed by atoms with E-state index in [0.717, 1.165) is 12.1 Å². The van der Waals surface area contributed by atoms with E-state index in [0.29, 0.717) is 34.7 Å². The van der Waals surface area contributed by atoms with Crippen LogP contribution in [0.2, 0.25) is 0 Å². The number of rotatable bonds is 6. The molecule has 2 N–H and O–H groups in total. The number of benzene rings is 2.